The summed E-state index contributed by atoms with van der Waals surface area (Å²) in [5.74, 6) is 1.11. The molecule has 0 aromatic heterocycles. The number of ether oxygens (including phenoxy) is 1. The van der Waals surface area contributed by atoms with Crippen LogP contribution in [0.3, 0.4) is 0 Å². The standard InChI is InChI=1S/C24H30N2O3/c1-16-7-8-18(3)22(14-16)29-13-5-4-6-23(27)26-21-15-20(12-9-17(21)2)25-24(28)19-10-11-19/h7-9,12,14-15,19H,4-6,10-11,13H2,1-3H3,(H,25,28)(H,26,27). The van der Waals surface area contributed by atoms with Crippen LogP contribution in [0.4, 0.5) is 11.4 Å². The number of benzene rings is 2. The molecule has 0 saturated heterocycles. The minimum Gasteiger partial charge on any atom is -0.493 e. The Labute approximate surface area is 172 Å². The van der Waals surface area contributed by atoms with Crippen LogP contribution in [0.1, 0.15) is 48.8 Å². The number of unbranched alkanes of at least 4 members (excludes halogenated alkanes) is 1. The van der Waals surface area contributed by atoms with Crippen molar-refractivity contribution in [3.8, 4) is 5.75 Å². The second kappa shape index (κ2) is 9.59. The van der Waals surface area contributed by atoms with E-state index in [0.717, 1.165) is 53.9 Å². The zero-order valence-electron chi connectivity index (χ0n) is 17.5. The second-order valence-corrected chi connectivity index (χ2v) is 7.92. The lowest BCUT2D eigenvalue weighted by atomic mass is 10.1. The first-order chi connectivity index (χ1) is 13.9. The van der Waals surface area contributed by atoms with Crippen LogP contribution in [-0.4, -0.2) is 18.4 Å². The molecule has 2 N–H and O–H groups in total. The number of hydrogen-bond donors (Lipinski definition) is 2. The zero-order chi connectivity index (χ0) is 20.8. The van der Waals surface area contributed by atoms with Crippen LogP contribution in [0.5, 0.6) is 5.75 Å². The van der Waals surface area contributed by atoms with E-state index in [-0.39, 0.29) is 17.7 Å². The SMILES string of the molecule is Cc1ccc(C)c(OCCCCC(=O)Nc2cc(NC(=O)C3CC3)ccc2C)c1. The van der Waals surface area contributed by atoms with Crippen LogP contribution in [0.2, 0.25) is 0 Å². The fourth-order valence-corrected chi connectivity index (χ4v) is 3.07. The average Bonchev–Trinajstić information content (AvgIpc) is 3.52. The van der Waals surface area contributed by atoms with Gasteiger partial charge in [0.1, 0.15) is 5.75 Å². The number of rotatable bonds is 9. The molecule has 0 unspecified atom stereocenters. The van der Waals surface area contributed by atoms with Crippen LogP contribution in [0.25, 0.3) is 0 Å². The molecule has 154 valence electrons. The molecular formula is C24H30N2O3. The van der Waals surface area contributed by atoms with E-state index >= 15 is 0 Å². The quantitative estimate of drug-likeness (QED) is 0.578. The third kappa shape index (κ3) is 6.34. The molecule has 5 nitrogen and oxygen atoms in total. The van der Waals surface area contributed by atoms with Gasteiger partial charge < -0.3 is 15.4 Å². The number of aryl methyl sites for hydroxylation is 3. The van der Waals surface area contributed by atoms with Crippen molar-refractivity contribution in [2.75, 3.05) is 17.2 Å². The van der Waals surface area contributed by atoms with Gasteiger partial charge >= 0.3 is 0 Å². The Morgan fingerprint density at radius 1 is 0.966 bits per heavy atom. The normalized spacial score (nSPS) is 13.1. The Morgan fingerprint density at radius 2 is 1.72 bits per heavy atom. The molecule has 2 aromatic rings. The molecule has 1 saturated carbocycles. The van der Waals surface area contributed by atoms with Gasteiger partial charge in [0.15, 0.2) is 0 Å². The maximum absolute atomic E-state index is 12.3. The van der Waals surface area contributed by atoms with Gasteiger partial charge in [-0.25, -0.2) is 0 Å². The second-order valence-electron chi connectivity index (χ2n) is 7.92. The van der Waals surface area contributed by atoms with Gasteiger partial charge in [-0.2, -0.15) is 0 Å². The van der Waals surface area contributed by atoms with Crippen molar-refractivity contribution in [2.45, 2.75) is 52.9 Å². The van der Waals surface area contributed by atoms with Crippen LogP contribution < -0.4 is 15.4 Å². The minimum absolute atomic E-state index is 0.0227. The van der Waals surface area contributed by atoms with Gasteiger partial charge in [-0.05, 0) is 81.3 Å². The number of hydrogen-bond acceptors (Lipinski definition) is 3. The summed E-state index contributed by atoms with van der Waals surface area (Å²) in [4.78, 5) is 24.2. The Morgan fingerprint density at radius 3 is 2.48 bits per heavy atom. The predicted molar refractivity (Wildman–Crippen MR) is 116 cm³/mol. The van der Waals surface area contributed by atoms with Crippen molar-refractivity contribution >= 4 is 23.2 Å². The van der Waals surface area contributed by atoms with E-state index in [4.69, 9.17) is 4.74 Å². The van der Waals surface area contributed by atoms with E-state index < -0.39 is 0 Å². The minimum atomic E-state index is -0.0227. The summed E-state index contributed by atoms with van der Waals surface area (Å²) in [7, 11) is 0. The van der Waals surface area contributed by atoms with Crippen molar-refractivity contribution in [2.24, 2.45) is 5.92 Å². The number of amides is 2. The van der Waals surface area contributed by atoms with Gasteiger partial charge in [0.05, 0.1) is 6.61 Å². The average molecular weight is 395 g/mol. The Kier molecular flexibility index (Phi) is 6.91. The van der Waals surface area contributed by atoms with Crippen molar-refractivity contribution in [3.05, 3.63) is 53.1 Å². The van der Waals surface area contributed by atoms with E-state index in [1.165, 1.54) is 5.56 Å². The summed E-state index contributed by atoms with van der Waals surface area (Å²) in [6.45, 7) is 6.62. The molecular weight excluding hydrogens is 364 g/mol. The highest BCUT2D eigenvalue weighted by atomic mass is 16.5. The zero-order valence-corrected chi connectivity index (χ0v) is 17.5. The molecule has 1 aliphatic carbocycles. The van der Waals surface area contributed by atoms with Gasteiger partial charge in [-0.15, -0.1) is 0 Å². The molecule has 2 amide bonds. The lowest BCUT2D eigenvalue weighted by Gasteiger charge is -2.12. The maximum Gasteiger partial charge on any atom is 0.227 e. The molecule has 1 fully saturated rings. The number of anilines is 2. The summed E-state index contributed by atoms with van der Waals surface area (Å²) in [5.41, 5.74) is 4.74. The molecule has 29 heavy (non-hydrogen) atoms. The molecule has 0 aliphatic heterocycles. The van der Waals surface area contributed by atoms with E-state index in [0.29, 0.717) is 13.0 Å². The lowest BCUT2D eigenvalue weighted by molar-refractivity contribution is -0.117. The van der Waals surface area contributed by atoms with Gasteiger partial charge in [0.2, 0.25) is 11.8 Å². The molecule has 3 rings (SSSR count). The smallest absolute Gasteiger partial charge is 0.227 e. The van der Waals surface area contributed by atoms with E-state index in [2.05, 4.69) is 22.8 Å². The Hall–Kier alpha value is -2.82. The number of carbonyl (C=O) groups excluding carboxylic acids is 2. The third-order valence-electron chi connectivity index (χ3n) is 5.13. The van der Waals surface area contributed by atoms with Gasteiger partial charge in [0.25, 0.3) is 0 Å². The molecule has 2 aromatic carbocycles. The summed E-state index contributed by atoms with van der Waals surface area (Å²) in [5, 5.41) is 5.88. The van der Waals surface area contributed by atoms with Gasteiger partial charge in [-0.3, -0.25) is 9.59 Å². The summed E-state index contributed by atoms with van der Waals surface area (Å²) in [6, 6.07) is 11.8. The summed E-state index contributed by atoms with van der Waals surface area (Å²) < 4.78 is 5.84. The van der Waals surface area contributed by atoms with Crippen molar-refractivity contribution in [1.82, 2.24) is 0 Å². The van der Waals surface area contributed by atoms with Crippen LogP contribution in [0, 0.1) is 26.7 Å². The van der Waals surface area contributed by atoms with E-state index in [1.807, 2.05) is 45.0 Å². The largest absolute Gasteiger partial charge is 0.493 e. The Balaban J connectivity index is 1.42. The number of nitrogens with one attached hydrogen (secondary N) is 2. The highest BCUT2D eigenvalue weighted by Crippen LogP contribution is 2.31. The highest BCUT2D eigenvalue weighted by Gasteiger charge is 2.29. The van der Waals surface area contributed by atoms with Crippen LogP contribution >= 0.6 is 0 Å². The summed E-state index contributed by atoms with van der Waals surface area (Å²) in [6.07, 6.45) is 3.95. The lowest BCUT2D eigenvalue weighted by Crippen LogP contribution is -2.15. The van der Waals surface area contributed by atoms with Crippen molar-refractivity contribution in [3.63, 3.8) is 0 Å². The van der Waals surface area contributed by atoms with Crippen LogP contribution in [0.15, 0.2) is 36.4 Å². The topological polar surface area (TPSA) is 67.4 Å². The predicted octanol–water partition coefficient (Wildman–Crippen LogP) is 5.15. The fraction of sp³-hybridized carbons (Fsp3) is 0.417. The third-order valence-corrected chi connectivity index (χ3v) is 5.13. The molecule has 0 radical (unpaired) electrons. The maximum atomic E-state index is 12.3. The Bertz CT molecular complexity index is 888. The molecule has 0 bridgehead atoms. The molecule has 5 heteroatoms. The van der Waals surface area contributed by atoms with Crippen molar-refractivity contribution < 1.29 is 14.3 Å². The highest BCUT2D eigenvalue weighted by molar-refractivity contribution is 5.96. The van der Waals surface area contributed by atoms with Gasteiger partial charge in [-0.1, -0.05) is 18.2 Å². The number of carbonyl (C=O) groups is 2. The first-order valence-corrected chi connectivity index (χ1v) is 10.3. The molecule has 0 heterocycles. The monoisotopic (exact) mass is 394 g/mol. The van der Waals surface area contributed by atoms with Crippen LogP contribution in [-0.2, 0) is 9.59 Å². The summed E-state index contributed by atoms with van der Waals surface area (Å²) >= 11 is 0. The fourth-order valence-electron chi connectivity index (χ4n) is 3.07. The molecule has 0 atom stereocenters. The van der Waals surface area contributed by atoms with E-state index in [9.17, 15) is 9.59 Å². The molecule has 0 spiro atoms. The first kappa shape index (κ1) is 20.9. The first-order valence-electron chi connectivity index (χ1n) is 10.3. The molecule has 1 aliphatic rings. The van der Waals surface area contributed by atoms with Gasteiger partial charge in [0, 0.05) is 23.7 Å². The van der Waals surface area contributed by atoms with Crippen molar-refractivity contribution in [1.29, 1.82) is 0 Å². The van der Waals surface area contributed by atoms with E-state index in [1.54, 1.807) is 0 Å².